The molecule has 0 radical (unpaired) electrons. The van der Waals surface area contributed by atoms with Crippen LogP contribution in [0.2, 0.25) is 0 Å². The fourth-order valence-corrected chi connectivity index (χ4v) is 4.35. The number of hydrogen-bond acceptors (Lipinski definition) is 4. The number of carbonyl (C=O) groups excluding carboxylic acids is 1. The molecule has 26 heavy (non-hydrogen) atoms. The Labute approximate surface area is 153 Å². The van der Waals surface area contributed by atoms with Crippen molar-refractivity contribution in [1.82, 2.24) is 24.9 Å². The molecule has 7 heteroatoms. The van der Waals surface area contributed by atoms with Gasteiger partial charge in [-0.2, -0.15) is 5.10 Å². The van der Waals surface area contributed by atoms with Gasteiger partial charge in [-0.3, -0.25) is 14.3 Å². The Balaban J connectivity index is 1.39. The molecule has 1 atom stereocenters. The molecule has 1 aliphatic carbocycles. The first-order valence-electron chi connectivity index (χ1n) is 8.62. The molecule has 6 nitrogen and oxygen atoms in total. The summed E-state index contributed by atoms with van der Waals surface area (Å²) in [7, 11) is 0. The minimum Gasteiger partial charge on any atom is -0.348 e. The summed E-state index contributed by atoms with van der Waals surface area (Å²) in [6.07, 6.45) is 6.46. The topological polar surface area (TPSA) is 75.1 Å². The quantitative estimate of drug-likeness (QED) is 0.587. The molecule has 2 N–H and O–H groups in total. The SMILES string of the molecule is O=C(N[C@@H]1CCc2[nH]ncc2C1)c1csc2nc(-c3ccccc3)cn12. The van der Waals surface area contributed by atoms with E-state index in [1.807, 2.05) is 52.5 Å². The average molecular weight is 363 g/mol. The molecule has 1 amide bonds. The largest absolute Gasteiger partial charge is 0.348 e. The third-order valence-electron chi connectivity index (χ3n) is 4.86. The summed E-state index contributed by atoms with van der Waals surface area (Å²) in [5.41, 5.74) is 4.96. The Kier molecular flexibility index (Phi) is 3.60. The van der Waals surface area contributed by atoms with E-state index in [-0.39, 0.29) is 11.9 Å². The Morgan fingerprint density at radius 1 is 1.31 bits per heavy atom. The van der Waals surface area contributed by atoms with Crippen molar-refractivity contribution in [2.45, 2.75) is 25.3 Å². The molecule has 1 aromatic carbocycles. The molecule has 0 saturated carbocycles. The minimum absolute atomic E-state index is 0.0507. The van der Waals surface area contributed by atoms with Crippen molar-refractivity contribution in [3.63, 3.8) is 0 Å². The molecule has 130 valence electrons. The van der Waals surface area contributed by atoms with Crippen LogP contribution in [0.15, 0.2) is 48.1 Å². The van der Waals surface area contributed by atoms with E-state index in [4.69, 9.17) is 0 Å². The van der Waals surface area contributed by atoms with Crippen molar-refractivity contribution < 1.29 is 4.79 Å². The van der Waals surface area contributed by atoms with Gasteiger partial charge in [0.25, 0.3) is 5.91 Å². The molecule has 0 aliphatic heterocycles. The lowest BCUT2D eigenvalue weighted by molar-refractivity contribution is 0.0928. The van der Waals surface area contributed by atoms with Crippen LogP contribution in [0.4, 0.5) is 0 Å². The molecule has 3 aromatic heterocycles. The van der Waals surface area contributed by atoms with Gasteiger partial charge in [-0.25, -0.2) is 4.98 Å². The molecular weight excluding hydrogens is 346 g/mol. The van der Waals surface area contributed by atoms with Crippen LogP contribution >= 0.6 is 11.3 Å². The van der Waals surface area contributed by atoms with Crippen LogP contribution in [0.3, 0.4) is 0 Å². The first-order chi connectivity index (χ1) is 12.8. The van der Waals surface area contributed by atoms with Crippen LogP contribution in [0.5, 0.6) is 0 Å². The lowest BCUT2D eigenvalue weighted by atomic mass is 9.93. The maximum atomic E-state index is 12.8. The number of aromatic nitrogens is 4. The zero-order chi connectivity index (χ0) is 17.5. The fourth-order valence-electron chi connectivity index (χ4n) is 3.49. The van der Waals surface area contributed by atoms with Crippen LogP contribution in [-0.2, 0) is 12.8 Å². The van der Waals surface area contributed by atoms with Crippen molar-refractivity contribution in [1.29, 1.82) is 0 Å². The molecule has 0 bridgehead atoms. The zero-order valence-corrected chi connectivity index (χ0v) is 14.8. The maximum Gasteiger partial charge on any atom is 0.269 e. The molecule has 0 fully saturated rings. The number of benzene rings is 1. The second kappa shape index (κ2) is 6.10. The summed E-state index contributed by atoms with van der Waals surface area (Å²) in [5, 5.41) is 12.2. The minimum atomic E-state index is -0.0507. The van der Waals surface area contributed by atoms with E-state index in [0.29, 0.717) is 5.69 Å². The van der Waals surface area contributed by atoms with Crippen LogP contribution in [-0.4, -0.2) is 31.5 Å². The van der Waals surface area contributed by atoms with Gasteiger partial charge < -0.3 is 5.32 Å². The molecule has 1 aliphatic rings. The summed E-state index contributed by atoms with van der Waals surface area (Å²) >= 11 is 1.49. The van der Waals surface area contributed by atoms with E-state index in [1.54, 1.807) is 0 Å². The number of thiazole rings is 1. The van der Waals surface area contributed by atoms with E-state index in [2.05, 4.69) is 20.5 Å². The maximum absolute atomic E-state index is 12.8. The standard InChI is InChI=1S/C19H17N5OS/c25-18(21-14-6-7-15-13(8-14)9-20-23-15)17-11-26-19-22-16(10-24(17)19)12-4-2-1-3-5-12/h1-5,9-11,14H,6-8H2,(H,20,23)(H,21,25)/t14-/m1/s1. The Morgan fingerprint density at radius 3 is 3.08 bits per heavy atom. The van der Waals surface area contributed by atoms with Crippen molar-refractivity contribution >= 4 is 22.2 Å². The summed E-state index contributed by atoms with van der Waals surface area (Å²) in [6, 6.07) is 10.1. The Hall–Kier alpha value is -2.93. The summed E-state index contributed by atoms with van der Waals surface area (Å²) in [4.78, 5) is 18.3. The Morgan fingerprint density at radius 2 is 2.19 bits per heavy atom. The number of nitrogens with zero attached hydrogens (tertiary/aromatic N) is 3. The molecule has 0 spiro atoms. The van der Waals surface area contributed by atoms with Crippen LogP contribution in [0.25, 0.3) is 16.2 Å². The number of amides is 1. The van der Waals surface area contributed by atoms with E-state index in [0.717, 1.165) is 35.5 Å². The molecular formula is C19H17N5OS. The van der Waals surface area contributed by atoms with Gasteiger partial charge in [0, 0.05) is 28.9 Å². The van der Waals surface area contributed by atoms with Gasteiger partial charge in [-0.1, -0.05) is 30.3 Å². The lowest BCUT2D eigenvalue weighted by Gasteiger charge is -2.22. The highest BCUT2D eigenvalue weighted by Crippen LogP contribution is 2.24. The van der Waals surface area contributed by atoms with Gasteiger partial charge in [-0.05, 0) is 24.8 Å². The van der Waals surface area contributed by atoms with Crippen LogP contribution < -0.4 is 5.32 Å². The van der Waals surface area contributed by atoms with Gasteiger partial charge >= 0.3 is 0 Å². The van der Waals surface area contributed by atoms with Crippen LogP contribution in [0, 0.1) is 0 Å². The van der Waals surface area contributed by atoms with E-state index in [1.165, 1.54) is 22.6 Å². The predicted octanol–water partition coefficient (Wildman–Crippen LogP) is 3.07. The van der Waals surface area contributed by atoms with E-state index < -0.39 is 0 Å². The highest BCUT2D eigenvalue weighted by molar-refractivity contribution is 7.15. The second-order valence-electron chi connectivity index (χ2n) is 6.55. The second-order valence-corrected chi connectivity index (χ2v) is 7.39. The van der Waals surface area contributed by atoms with Gasteiger partial charge in [-0.15, -0.1) is 11.3 Å². The fraction of sp³-hybridized carbons (Fsp3) is 0.211. The van der Waals surface area contributed by atoms with Gasteiger partial charge in [0.05, 0.1) is 11.9 Å². The molecule has 0 saturated heterocycles. The van der Waals surface area contributed by atoms with Crippen molar-refractivity contribution in [2.75, 3.05) is 0 Å². The third kappa shape index (κ3) is 2.61. The highest BCUT2D eigenvalue weighted by atomic mass is 32.1. The number of nitrogens with one attached hydrogen (secondary N) is 2. The van der Waals surface area contributed by atoms with E-state index >= 15 is 0 Å². The number of H-pyrrole nitrogens is 1. The number of carbonyl (C=O) groups is 1. The first kappa shape index (κ1) is 15.3. The average Bonchev–Trinajstić information content (AvgIpc) is 3.37. The van der Waals surface area contributed by atoms with E-state index in [9.17, 15) is 4.79 Å². The van der Waals surface area contributed by atoms with Crippen molar-refractivity contribution in [3.05, 3.63) is 65.1 Å². The lowest BCUT2D eigenvalue weighted by Crippen LogP contribution is -2.39. The summed E-state index contributed by atoms with van der Waals surface area (Å²) in [6.45, 7) is 0. The highest BCUT2D eigenvalue weighted by Gasteiger charge is 2.23. The molecule has 0 unspecified atom stereocenters. The summed E-state index contributed by atoms with van der Waals surface area (Å²) < 4.78 is 1.88. The monoisotopic (exact) mass is 363 g/mol. The van der Waals surface area contributed by atoms with Gasteiger partial charge in [0.2, 0.25) is 0 Å². The Bertz CT molecular complexity index is 1080. The van der Waals surface area contributed by atoms with Crippen molar-refractivity contribution in [3.8, 4) is 11.3 Å². The number of aromatic amines is 1. The number of rotatable bonds is 3. The number of aryl methyl sites for hydroxylation is 1. The normalized spacial score (nSPS) is 16.5. The molecule has 4 aromatic rings. The summed E-state index contributed by atoms with van der Waals surface area (Å²) in [5.74, 6) is -0.0507. The van der Waals surface area contributed by atoms with Crippen LogP contribution in [0.1, 0.15) is 28.2 Å². The zero-order valence-electron chi connectivity index (χ0n) is 14.0. The molecule has 3 heterocycles. The molecule has 5 rings (SSSR count). The van der Waals surface area contributed by atoms with Crippen molar-refractivity contribution in [2.24, 2.45) is 0 Å². The predicted molar refractivity (Wildman–Crippen MR) is 100 cm³/mol. The number of fused-ring (bicyclic) bond motifs is 2. The number of imidazole rings is 1. The smallest absolute Gasteiger partial charge is 0.269 e. The first-order valence-corrected chi connectivity index (χ1v) is 9.50. The van der Waals surface area contributed by atoms with Gasteiger partial charge in [0.15, 0.2) is 4.96 Å². The third-order valence-corrected chi connectivity index (χ3v) is 5.70. The van der Waals surface area contributed by atoms with Gasteiger partial charge in [0.1, 0.15) is 5.69 Å². The number of hydrogen-bond donors (Lipinski definition) is 2.